The molecular formula is C21H28N4O4S. The Hall–Kier alpha value is -2.52. The smallest absolute Gasteiger partial charge is 0.337 e. The lowest BCUT2D eigenvalue weighted by Crippen LogP contribution is -2.33. The van der Waals surface area contributed by atoms with Gasteiger partial charge in [-0.1, -0.05) is 6.42 Å². The van der Waals surface area contributed by atoms with E-state index in [1.54, 1.807) is 6.07 Å². The average Bonchev–Trinajstić information content (AvgIpc) is 2.76. The highest BCUT2D eigenvalue weighted by molar-refractivity contribution is 7.71. The summed E-state index contributed by atoms with van der Waals surface area (Å²) in [6.07, 6.45) is 4.93. The third-order valence-corrected chi connectivity index (χ3v) is 5.71. The summed E-state index contributed by atoms with van der Waals surface area (Å²) in [7, 11) is 1.30. The van der Waals surface area contributed by atoms with Gasteiger partial charge in [0.15, 0.2) is 4.77 Å². The second kappa shape index (κ2) is 10.5. The Kier molecular flexibility index (Phi) is 7.75. The van der Waals surface area contributed by atoms with Crippen LogP contribution < -0.4 is 10.9 Å². The number of fused-ring (bicyclic) bond motifs is 1. The number of benzene rings is 1. The van der Waals surface area contributed by atoms with E-state index in [1.807, 2.05) is 0 Å². The third-order valence-electron chi connectivity index (χ3n) is 5.39. The van der Waals surface area contributed by atoms with Gasteiger partial charge in [0, 0.05) is 19.5 Å². The van der Waals surface area contributed by atoms with Crippen LogP contribution in [0.4, 0.5) is 0 Å². The van der Waals surface area contributed by atoms with Gasteiger partial charge in [0.1, 0.15) is 0 Å². The Morgan fingerprint density at radius 2 is 1.97 bits per heavy atom. The van der Waals surface area contributed by atoms with Crippen LogP contribution in [-0.2, 0) is 16.1 Å². The molecule has 30 heavy (non-hydrogen) atoms. The second-order valence-corrected chi connectivity index (χ2v) is 7.88. The Morgan fingerprint density at radius 1 is 1.20 bits per heavy atom. The van der Waals surface area contributed by atoms with Gasteiger partial charge in [-0.15, -0.1) is 0 Å². The standard InChI is InChI=1S/C21H28N4O4S/c1-29-20(28)15-6-7-16-17(14-15)23-21(30)25(19(16)27)13-8-18(26)22-9-5-12-24-10-3-2-4-11-24/h6-7,14H,2-5,8-13H2,1H3,(H,22,26)(H,23,30). The first-order chi connectivity index (χ1) is 14.5. The number of carbonyl (C=O) groups is 2. The molecule has 2 heterocycles. The lowest BCUT2D eigenvalue weighted by atomic mass is 10.1. The quantitative estimate of drug-likeness (QED) is 0.377. The number of H-pyrrole nitrogens is 1. The molecule has 0 unspecified atom stereocenters. The topological polar surface area (TPSA) is 96.4 Å². The van der Waals surface area contributed by atoms with Crippen molar-refractivity contribution in [2.24, 2.45) is 0 Å². The summed E-state index contributed by atoms with van der Waals surface area (Å²) in [5, 5.41) is 3.32. The van der Waals surface area contributed by atoms with Crippen LogP contribution in [0.25, 0.3) is 10.9 Å². The number of esters is 1. The van der Waals surface area contributed by atoms with Gasteiger partial charge in [0.2, 0.25) is 5.91 Å². The summed E-state index contributed by atoms with van der Waals surface area (Å²) in [5.41, 5.74) is 0.506. The Bertz CT molecular complexity index is 1020. The minimum absolute atomic E-state index is 0.101. The minimum Gasteiger partial charge on any atom is -0.465 e. The number of rotatable bonds is 8. The predicted molar refractivity (Wildman–Crippen MR) is 117 cm³/mol. The van der Waals surface area contributed by atoms with Crippen molar-refractivity contribution < 1.29 is 14.3 Å². The molecule has 1 amide bonds. The number of piperidine rings is 1. The monoisotopic (exact) mass is 432 g/mol. The lowest BCUT2D eigenvalue weighted by molar-refractivity contribution is -0.121. The van der Waals surface area contributed by atoms with Gasteiger partial charge in [0.25, 0.3) is 5.56 Å². The number of methoxy groups -OCH3 is 1. The van der Waals surface area contributed by atoms with E-state index in [1.165, 1.54) is 43.1 Å². The summed E-state index contributed by atoms with van der Waals surface area (Å²) in [6, 6.07) is 4.63. The van der Waals surface area contributed by atoms with Crippen molar-refractivity contribution in [3.8, 4) is 0 Å². The van der Waals surface area contributed by atoms with Crippen molar-refractivity contribution in [3.63, 3.8) is 0 Å². The van der Waals surface area contributed by atoms with Crippen LogP contribution in [0.5, 0.6) is 0 Å². The van der Waals surface area contributed by atoms with Crippen molar-refractivity contribution >= 4 is 35.0 Å². The maximum Gasteiger partial charge on any atom is 0.337 e. The normalized spacial score (nSPS) is 14.6. The van der Waals surface area contributed by atoms with Crippen LogP contribution in [0.15, 0.2) is 23.0 Å². The van der Waals surface area contributed by atoms with Gasteiger partial charge in [-0.05, 0) is 69.3 Å². The van der Waals surface area contributed by atoms with Crippen molar-refractivity contribution in [3.05, 3.63) is 38.9 Å². The molecular weight excluding hydrogens is 404 g/mol. The van der Waals surface area contributed by atoms with Crippen molar-refractivity contribution in [1.82, 2.24) is 19.8 Å². The van der Waals surface area contributed by atoms with Gasteiger partial charge in [-0.25, -0.2) is 4.79 Å². The molecule has 1 saturated heterocycles. The summed E-state index contributed by atoms with van der Waals surface area (Å²) in [6.45, 7) is 4.13. The molecule has 1 aromatic carbocycles. The first kappa shape index (κ1) is 22.2. The number of aromatic amines is 1. The van der Waals surface area contributed by atoms with E-state index in [0.29, 0.717) is 23.0 Å². The first-order valence-electron chi connectivity index (χ1n) is 10.3. The molecule has 2 aromatic rings. The fourth-order valence-corrected chi connectivity index (χ4v) is 4.00. The third kappa shape index (κ3) is 5.54. The summed E-state index contributed by atoms with van der Waals surface area (Å²) >= 11 is 5.29. The van der Waals surface area contributed by atoms with Crippen LogP contribution >= 0.6 is 12.2 Å². The van der Waals surface area contributed by atoms with E-state index in [4.69, 9.17) is 17.0 Å². The molecule has 0 spiro atoms. The number of nitrogens with one attached hydrogen (secondary N) is 2. The van der Waals surface area contributed by atoms with Crippen LogP contribution in [0.2, 0.25) is 0 Å². The molecule has 1 aliphatic heterocycles. The zero-order chi connectivity index (χ0) is 21.5. The molecule has 1 fully saturated rings. The number of amides is 1. The van der Waals surface area contributed by atoms with E-state index in [0.717, 1.165) is 26.1 Å². The number of aromatic nitrogens is 2. The molecule has 0 radical (unpaired) electrons. The molecule has 1 aromatic heterocycles. The predicted octanol–water partition coefficient (Wildman–Crippen LogP) is 2.23. The van der Waals surface area contributed by atoms with Crippen molar-refractivity contribution in [2.75, 3.05) is 33.3 Å². The van der Waals surface area contributed by atoms with Crippen LogP contribution in [-0.4, -0.2) is 59.6 Å². The van der Waals surface area contributed by atoms with Crippen LogP contribution in [0.1, 0.15) is 42.5 Å². The molecule has 0 aliphatic carbocycles. The highest BCUT2D eigenvalue weighted by atomic mass is 32.1. The summed E-state index contributed by atoms with van der Waals surface area (Å²) < 4.78 is 6.29. The molecule has 162 valence electrons. The second-order valence-electron chi connectivity index (χ2n) is 7.49. The number of nitrogens with zero attached hydrogens (tertiary/aromatic N) is 2. The molecule has 1 aliphatic rings. The van der Waals surface area contributed by atoms with E-state index < -0.39 is 5.97 Å². The molecule has 9 heteroatoms. The highest BCUT2D eigenvalue weighted by Crippen LogP contribution is 2.12. The molecule has 0 bridgehead atoms. The number of carbonyl (C=O) groups excluding carboxylic acids is 2. The van der Waals surface area contributed by atoms with E-state index in [9.17, 15) is 14.4 Å². The molecule has 0 atom stereocenters. The highest BCUT2D eigenvalue weighted by Gasteiger charge is 2.12. The number of ether oxygens (including phenoxy) is 1. The van der Waals surface area contributed by atoms with E-state index in [2.05, 4.69) is 15.2 Å². The van der Waals surface area contributed by atoms with E-state index >= 15 is 0 Å². The maximum absolute atomic E-state index is 12.8. The van der Waals surface area contributed by atoms with Crippen molar-refractivity contribution in [2.45, 2.75) is 38.6 Å². The minimum atomic E-state index is -0.489. The number of likely N-dealkylation sites (tertiary alicyclic amines) is 1. The Morgan fingerprint density at radius 3 is 2.70 bits per heavy atom. The number of hydrogen-bond donors (Lipinski definition) is 2. The van der Waals surface area contributed by atoms with Gasteiger partial charge < -0.3 is 19.9 Å². The summed E-state index contributed by atoms with van der Waals surface area (Å²) in [5.74, 6) is -0.589. The average molecular weight is 433 g/mol. The SMILES string of the molecule is COC(=O)c1ccc2c(=O)n(CCC(=O)NCCCN3CCCCC3)c(=S)[nH]c2c1. The molecule has 0 saturated carbocycles. The molecule has 3 rings (SSSR count). The Labute approximate surface area is 180 Å². The first-order valence-corrected chi connectivity index (χ1v) is 10.7. The number of hydrogen-bond acceptors (Lipinski definition) is 6. The van der Waals surface area contributed by atoms with Crippen LogP contribution in [0, 0.1) is 4.77 Å². The zero-order valence-electron chi connectivity index (χ0n) is 17.2. The van der Waals surface area contributed by atoms with Crippen molar-refractivity contribution in [1.29, 1.82) is 0 Å². The Balaban J connectivity index is 1.56. The van der Waals surface area contributed by atoms with Gasteiger partial charge in [0.05, 0.1) is 23.6 Å². The maximum atomic E-state index is 12.8. The van der Waals surface area contributed by atoms with Gasteiger partial charge in [-0.2, -0.15) is 0 Å². The fourth-order valence-electron chi connectivity index (χ4n) is 3.72. The summed E-state index contributed by atoms with van der Waals surface area (Å²) in [4.78, 5) is 42.0. The van der Waals surface area contributed by atoms with E-state index in [-0.39, 0.29) is 29.2 Å². The van der Waals surface area contributed by atoms with Gasteiger partial charge >= 0.3 is 5.97 Å². The van der Waals surface area contributed by atoms with Gasteiger partial charge in [-0.3, -0.25) is 14.2 Å². The molecule has 2 N–H and O–H groups in total. The zero-order valence-corrected chi connectivity index (χ0v) is 18.1. The fraction of sp³-hybridized carbons (Fsp3) is 0.524. The largest absolute Gasteiger partial charge is 0.465 e. The molecule has 8 nitrogen and oxygen atoms in total. The lowest BCUT2D eigenvalue weighted by Gasteiger charge is -2.26. The van der Waals surface area contributed by atoms with Crippen LogP contribution in [0.3, 0.4) is 0 Å².